The first kappa shape index (κ1) is 17.5. The maximum absolute atomic E-state index is 11.7. The third-order valence-corrected chi connectivity index (χ3v) is 3.55. The van der Waals surface area contributed by atoms with Crippen molar-refractivity contribution in [3.8, 4) is 0 Å². The van der Waals surface area contributed by atoms with Gasteiger partial charge >= 0.3 is 24.8 Å². The zero-order chi connectivity index (χ0) is 17.4. The molecule has 1 fully saturated rings. The summed E-state index contributed by atoms with van der Waals surface area (Å²) < 4.78 is 20.7. The minimum absolute atomic E-state index is 0.196. The van der Waals surface area contributed by atoms with Crippen LogP contribution in [-0.4, -0.2) is 48.2 Å². The van der Waals surface area contributed by atoms with Gasteiger partial charge in [0.25, 0.3) is 0 Å². The molecule has 2 heterocycles. The number of rotatable bonds is 5. The Morgan fingerprint density at radius 3 is 2.74 bits per heavy atom. The van der Waals surface area contributed by atoms with Crippen LogP contribution >= 0.6 is 7.82 Å². The van der Waals surface area contributed by atoms with Crippen molar-refractivity contribution in [2.75, 3.05) is 6.61 Å². The van der Waals surface area contributed by atoms with Crippen LogP contribution in [0.5, 0.6) is 0 Å². The molecule has 0 radical (unpaired) electrons. The van der Waals surface area contributed by atoms with Crippen molar-refractivity contribution in [1.29, 1.82) is 0 Å². The lowest BCUT2D eigenvalue weighted by molar-refractivity contribution is -0.387. The highest BCUT2D eigenvalue weighted by Crippen LogP contribution is 2.38. The maximum Gasteiger partial charge on any atom is 0.469 e. The lowest BCUT2D eigenvalue weighted by Gasteiger charge is -2.16. The Balaban J connectivity index is 2.22. The Labute approximate surface area is 126 Å². The van der Waals surface area contributed by atoms with E-state index in [2.05, 4.69) is 4.52 Å². The van der Waals surface area contributed by atoms with Crippen molar-refractivity contribution in [1.82, 2.24) is 9.55 Å². The van der Waals surface area contributed by atoms with Gasteiger partial charge in [0, 0.05) is 6.42 Å². The van der Waals surface area contributed by atoms with Crippen LogP contribution in [0.15, 0.2) is 15.8 Å². The van der Waals surface area contributed by atoms with Crippen LogP contribution in [0.2, 0.25) is 0 Å². The van der Waals surface area contributed by atoms with E-state index in [9.17, 15) is 29.4 Å². The van der Waals surface area contributed by atoms with Gasteiger partial charge < -0.3 is 19.6 Å². The summed E-state index contributed by atoms with van der Waals surface area (Å²) in [6.45, 7) is -0.651. The average molecular weight is 353 g/mol. The van der Waals surface area contributed by atoms with Gasteiger partial charge in [-0.1, -0.05) is 0 Å². The monoisotopic (exact) mass is 353 g/mol. The summed E-state index contributed by atoms with van der Waals surface area (Å²) in [5.74, 6) is 0. The largest absolute Gasteiger partial charge is 0.469 e. The second-order valence-corrected chi connectivity index (χ2v) is 5.90. The molecule has 0 saturated carbocycles. The number of hydrogen-bond acceptors (Lipinski definition) is 8. The Hall–Kier alpha value is -1.89. The molecule has 23 heavy (non-hydrogen) atoms. The van der Waals surface area contributed by atoms with Gasteiger partial charge in [-0.15, -0.1) is 0 Å². The van der Waals surface area contributed by atoms with Gasteiger partial charge in [-0.3, -0.25) is 29.0 Å². The molecular weight excluding hydrogens is 341 g/mol. The van der Waals surface area contributed by atoms with Gasteiger partial charge in [-0.2, -0.15) is 0 Å². The number of phosphoric acid groups is 1. The highest BCUT2D eigenvalue weighted by molar-refractivity contribution is 7.46. The SMILES string of the molecule is O=c1[nH]c(=O)n(C2CC(O)C(COP(=O)(O)O)O2)cc1[N+](=O)[O-]. The molecule has 128 valence electrons. The zero-order valence-electron chi connectivity index (χ0n) is 11.3. The van der Waals surface area contributed by atoms with Crippen LogP contribution in [0.1, 0.15) is 12.6 Å². The number of aromatic nitrogens is 2. The van der Waals surface area contributed by atoms with Crippen molar-refractivity contribution in [3.05, 3.63) is 37.1 Å². The van der Waals surface area contributed by atoms with E-state index >= 15 is 0 Å². The van der Waals surface area contributed by atoms with E-state index in [1.807, 2.05) is 0 Å². The molecule has 0 spiro atoms. The second kappa shape index (κ2) is 6.31. The number of ether oxygens (including phenoxy) is 1. The molecule has 4 N–H and O–H groups in total. The normalized spacial score (nSPS) is 24.7. The summed E-state index contributed by atoms with van der Waals surface area (Å²) in [4.78, 5) is 51.7. The molecule has 1 aliphatic rings. The second-order valence-electron chi connectivity index (χ2n) is 4.66. The number of nitrogens with zero attached hydrogens (tertiary/aromatic N) is 2. The molecule has 0 aliphatic carbocycles. The molecule has 3 unspecified atom stereocenters. The molecule has 1 aromatic heterocycles. The summed E-state index contributed by atoms with van der Waals surface area (Å²) in [7, 11) is -4.77. The fourth-order valence-corrected chi connectivity index (χ4v) is 2.37. The van der Waals surface area contributed by atoms with E-state index in [4.69, 9.17) is 14.5 Å². The smallest absolute Gasteiger partial charge is 0.390 e. The van der Waals surface area contributed by atoms with Gasteiger partial charge in [-0.05, 0) is 0 Å². The minimum Gasteiger partial charge on any atom is -0.390 e. The number of hydrogen-bond donors (Lipinski definition) is 4. The Bertz CT molecular complexity index is 766. The number of aliphatic hydroxyl groups excluding tert-OH is 1. The van der Waals surface area contributed by atoms with Gasteiger partial charge in [-0.25, -0.2) is 9.36 Å². The van der Waals surface area contributed by atoms with Crippen LogP contribution in [0, 0.1) is 10.1 Å². The van der Waals surface area contributed by atoms with Crippen LogP contribution in [-0.2, 0) is 13.8 Å². The lowest BCUT2D eigenvalue weighted by Crippen LogP contribution is -2.33. The summed E-state index contributed by atoms with van der Waals surface area (Å²) in [5, 5.41) is 20.5. The average Bonchev–Trinajstić information content (AvgIpc) is 2.76. The minimum atomic E-state index is -4.77. The summed E-state index contributed by atoms with van der Waals surface area (Å²) in [6.07, 6.45) is -3.09. The summed E-state index contributed by atoms with van der Waals surface area (Å²) >= 11 is 0. The molecule has 2 rings (SSSR count). The predicted molar refractivity (Wildman–Crippen MR) is 70.5 cm³/mol. The Morgan fingerprint density at radius 2 is 2.17 bits per heavy atom. The van der Waals surface area contributed by atoms with E-state index in [-0.39, 0.29) is 6.42 Å². The van der Waals surface area contributed by atoms with Gasteiger partial charge in [0.15, 0.2) is 0 Å². The van der Waals surface area contributed by atoms with Crippen LogP contribution in [0.25, 0.3) is 0 Å². The number of H-pyrrole nitrogens is 1. The number of aliphatic hydroxyl groups is 1. The van der Waals surface area contributed by atoms with Gasteiger partial charge in [0.1, 0.15) is 12.3 Å². The molecule has 1 saturated heterocycles. The third kappa shape index (κ3) is 4.10. The van der Waals surface area contributed by atoms with Crippen molar-refractivity contribution < 1.29 is 33.6 Å². The molecule has 0 aromatic carbocycles. The molecule has 1 aliphatic heterocycles. The van der Waals surface area contributed by atoms with Crippen LogP contribution in [0.4, 0.5) is 5.69 Å². The lowest BCUT2D eigenvalue weighted by atomic mass is 10.2. The number of nitro groups is 1. The molecule has 0 bridgehead atoms. The first-order chi connectivity index (χ1) is 10.6. The topological polar surface area (TPSA) is 194 Å². The first-order valence-electron chi connectivity index (χ1n) is 6.12. The van der Waals surface area contributed by atoms with E-state index in [0.29, 0.717) is 10.8 Å². The molecule has 3 atom stereocenters. The summed E-state index contributed by atoms with van der Waals surface area (Å²) in [5.41, 5.74) is -3.07. The van der Waals surface area contributed by atoms with E-state index in [1.54, 1.807) is 4.98 Å². The van der Waals surface area contributed by atoms with Crippen molar-refractivity contribution in [2.24, 2.45) is 0 Å². The van der Waals surface area contributed by atoms with Crippen molar-refractivity contribution in [2.45, 2.75) is 24.9 Å². The van der Waals surface area contributed by atoms with Crippen molar-refractivity contribution in [3.63, 3.8) is 0 Å². The van der Waals surface area contributed by atoms with Crippen LogP contribution in [0.3, 0.4) is 0 Å². The fourth-order valence-electron chi connectivity index (χ4n) is 2.03. The fraction of sp³-hybridized carbons (Fsp3) is 0.556. The van der Waals surface area contributed by atoms with Gasteiger partial charge in [0.2, 0.25) is 0 Å². The number of nitrogens with one attached hydrogen (secondary N) is 1. The van der Waals surface area contributed by atoms with Crippen LogP contribution < -0.4 is 11.2 Å². The molecule has 14 heteroatoms. The molecule has 1 aromatic rings. The zero-order valence-corrected chi connectivity index (χ0v) is 12.2. The Kier molecular flexibility index (Phi) is 4.79. The number of aromatic amines is 1. The highest BCUT2D eigenvalue weighted by Gasteiger charge is 2.37. The van der Waals surface area contributed by atoms with Crippen molar-refractivity contribution >= 4 is 13.5 Å². The quantitative estimate of drug-likeness (QED) is 0.266. The molecule has 13 nitrogen and oxygen atoms in total. The molecular formula is C9H12N3O10P. The van der Waals surface area contributed by atoms with Gasteiger partial charge in [0.05, 0.1) is 23.8 Å². The Morgan fingerprint density at radius 1 is 1.52 bits per heavy atom. The first-order valence-corrected chi connectivity index (χ1v) is 7.65. The number of phosphoric ester groups is 1. The van der Waals surface area contributed by atoms with E-state index in [0.717, 1.165) is 0 Å². The molecule has 0 amide bonds. The highest BCUT2D eigenvalue weighted by atomic mass is 31.2. The maximum atomic E-state index is 11.7. The van der Waals surface area contributed by atoms with E-state index in [1.165, 1.54) is 0 Å². The standard InChI is InChI=1S/C9H12N3O10P/c13-5-1-7(22-6(5)3-21-23(18,19)20)11-2-4(12(16)17)8(14)10-9(11)15/h2,5-7,13H,1,3H2,(H,10,14,15)(H2,18,19,20). The predicted octanol–water partition coefficient (Wildman–Crippen LogP) is -1.80. The summed E-state index contributed by atoms with van der Waals surface area (Å²) in [6, 6.07) is 0. The van der Waals surface area contributed by atoms with E-state index < -0.39 is 54.7 Å². The third-order valence-electron chi connectivity index (χ3n) is 3.07.